The maximum Gasteiger partial charge on any atom is 0.335 e. The van der Waals surface area contributed by atoms with Crippen molar-refractivity contribution in [3.05, 3.63) is 66.5 Å². The lowest BCUT2D eigenvalue weighted by Gasteiger charge is -2.34. The van der Waals surface area contributed by atoms with Crippen LogP contribution in [0, 0.1) is 5.92 Å². The summed E-state index contributed by atoms with van der Waals surface area (Å²) < 4.78 is 12.0. The molecule has 0 bridgehead atoms. The van der Waals surface area contributed by atoms with Gasteiger partial charge in [0.15, 0.2) is 17.3 Å². The number of aromatic nitrogens is 2. The highest BCUT2D eigenvalue weighted by atomic mass is 16.5. The number of hydrogen-bond donors (Lipinski definition) is 2. The number of carbonyl (C=O) groups excluding carboxylic acids is 1. The number of carboxylic acids is 1. The second kappa shape index (κ2) is 12.7. The van der Waals surface area contributed by atoms with Crippen molar-refractivity contribution in [3.8, 4) is 11.5 Å². The Morgan fingerprint density at radius 3 is 2.45 bits per heavy atom. The van der Waals surface area contributed by atoms with Crippen LogP contribution < -0.4 is 24.6 Å². The predicted molar refractivity (Wildman–Crippen MR) is 152 cm³/mol. The van der Waals surface area contributed by atoms with Crippen molar-refractivity contribution in [3.63, 3.8) is 0 Å². The van der Waals surface area contributed by atoms with Gasteiger partial charge in [-0.15, -0.1) is 0 Å². The molecule has 0 spiro atoms. The third-order valence-corrected chi connectivity index (χ3v) is 7.36. The molecular weight excluding hydrogens is 510 g/mol. The zero-order chi connectivity index (χ0) is 27.9. The molecule has 0 saturated carbocycles. The van der Waals surface area contributed by atoms with E-state index in [-0.39, 0.29) is 23.5 Å². The van der Waals surface area contributed by atoms with Crippen LogP contribution in [0.15, 0.2) is 60.9 Å². The number of benzene rings is 2. The fraction of sp³-hybridized carbons (Fsp3) is 0.400. The number of carbonyl (C=O) groups is 2. The van der Waals surface area contributed by atoms with Gasteiger partial charge in [-0.1, -0.05) is 12.1 Å². The van der Waals surface area contributed by atoms with Crippen LogP contribution in [0.25, 0.3) is 0 Å². The van der Waals surface area contributed by atoms with Crippen LogP contribution in [0.3, 0.4) is 0 Å². The number of amides is 1. The molecule has 1 aromatic heterocycles. The van der Waals surface area contributed by atoms with Crippen molar-refractivity contribution in [2.75, 3.05) is 47.9 Å². The Balaban J connectivity index is 1.15. The number of carboxylic acid groups (broad SMARTS) is 1. The monoisotopic (exact) mass is 545 g/mol. The second-order valence-corrected chi connectivity index (χ2v) is 10.1. The summed E-state index contributed by atoms with van der Waals surface area (Å²) in [5, 5.41) is 12.1. The molecule has 3 aromatic rings. The van der Waals surface area contributed by atoms with E-state index < -0.39 is 5.97 Å². The second-order valence-electron chi connectivity index (χ2n) is 10.1. The van der Waals surface area contributed by atoms with E-state index in [9.17, 15) is 9.59 Å². The van der Waals surface area contributed by atoms with E-state index >= 15 is 0 Å². The zero-order valence-corrected chi connectivity index (χ0v) is 22.7. The maximum atomic E-state index is 13.1. The third-order valence-electron chi connectivity index (χ3n) is 7.36. The van der Waals surface area contributed by atoms with E-state index in [0.29, 0.717) is 37.6 Å². The molecule has 2 fully saturated rings. The minimum Gasteiger partial charge on any atom is -0.490 e. The Bertz CT molecular complexity index is 1310. The molecule has 1 atom stereocenters. The van der Waals surface area contributed by atoms with Gasteiger partial charge in [0, 0.05) is 31.2 Å². The molecule has 2 N–H and O–H groups in total. The third kappa shape index (κ3) is 6.62. The van der Waals surface area contributed by atoms with Crippen molar-refractivity contribution < 1.29 is 24.2 Å². The van der Waals surface area contributed by atoms with Gasteiger partial charge in [0.2, 0.25) is 5.91 Å². The molecule has 1 amide bonds. The molecule has 3 heterocycles. The number of para-hydroxylation sites is 2. The van der Waals surface area contributed by atoms with Crippen LogP contribution in [-0.2, 0) is 4.79 Å². The van der Waals surface area contributed by atoms with Crippen LogP contribution in [0.4, 0.5) is 17.3 Å². The van der Waals surface area contributed by atoms with Crippen LogP contribution in [0.5, 0.6) is 11.5 Å². The van der Waals surface area contributed by atoms with Gasteiger partial charge < -0.3 is 29.7 Å². The van der Waals surface area contributed by atoms with Gasteiger partial charge in [0.1, 0.15) is 11.9 Å². The first kappa shape index (κ1) is 27.2. The molecule has 2 aromatic carbocycles. The molecular formula is C30H35N5O5. The summed E-state index contributed by atoms with van der Waals surface area (Å²) in [4.78, 5) is 37.5. The van der Waals surface area contributed by atoms with Gasteiger partial charge in [-0.2, -0.15) is 0 Å². The maximum absolute atomic E-state index is 13.1. The minimum absolute atomic E-state index is 0.0130. The summed E-state index contributed by atoms with van der Waals surface area (Å²) in [6, 6.07) is 14.6. The van der Waals surface area contributed by atoms with E-state index in [4.69, 9.17) is 19.6 Å². The van der Waals surface area contributed by atoms with Crippen LogP contribution in [-0.4, -0.2) is 65.8 Å². The van der Waals surface area contributed by atoms with Gasteiger partial charge in [0.05, 0.1) is 31.1 Å². The molecule has 2 saturated heterocycles. The number of hydrogen-bond acceptors (Lipinski definition) is 8. The number of piperidine rings is 2. The van der Waals surface area contributed by atoms with Crippen molar-refractivity contribution in [2.24, 2.45) is 5.92 Å². The molecule has 10 heteroatoms. The molecule has 0 radical (unpaired) electrons. The highest BCUT2D eigenvalue weighted by molar-refractivity contribution is 5.92. The SMILES string of the molecule is CCOc1ccccc1OC1CCCN(c2cncc(NC(=O)C3CCN(c4ccc(C(=O)O)cc4)CC3)n2)C1. The first-order valence-electron chi connectivity index (χ1n) is 13.8. The molecule has 5 rings (SSSR count). The van der Waals surface area contributed by atoms with E-state index in [1.54, 1.807) is 24.5 Å². The van der Waals surface area contributed by atoms with Crippen LogP contribution in [0.2, 0.25) is 0 Å². The Morgan fingerprint density at radius 2 is 1.73 bits per heavy atom. The van der Waals surface area contributed by atoms with E-state index in [2.05, 4.69) is 20.1 Å². The van der Waals surface area contributed by atoms with E-state index in [1.165, 1.54) is 0 Å². The average molecular weight is 546 g/mol. The molecule has 10 nitrogen and oxygen atoms in total. The Hall–Kier alpha value is -4.34. The van der Waals surface area contributed by atoms with Crippen molar-refractivity contribution in [2.45, 2.75) is 38.7 Å². The number of rotatable bonds is 9. The Labute approximate surface area is 233 Å². The largest absolute Gasteiger partial charge is 0.490 e. The summed E-state index contributed by atoms with van der Waals surface area (Å²) >= 11 is 0. The number of aromatic carboxylic acids is 1. The Morgan fingerprint density at radius 1 is 0.975 bits per heavy atom. The standard InChI is InChI=1S/C30H35N5O5/c1-2-39-25-7-3-4-8-26(25)40-24-6-5-15-35(20-24)28-19-31-18-27(32-28)33-29(36)21-13-16-34(17-14-21)23-11-9-22(10-12-23)30(37)38/h3-4,7-12,18-19,21,24H,2,5-6,13-17,20H2,1H3,(H,37,38)(H,32,33,36). The molecule has 2 aliphatic rings. The smallest absolute Gasteiger partial charge is 0.335 e. The summed E-state index contributed by atoms with van der Waals surface area (Å²) in [6.07, 6.45) is 6.58. The fourth-order valence-corrected chi connectivity index (χ4v) is 5.26. The van der Waals surface area contributed by atoms with Gasteiger partial charge >= 0.3 is 5.97 Å². The first-order valence-corrected chi connectivity index (χ1v) is 13.8. The number of ether oxygens (including phenoxy) is 2. The van der Waals surface area contributed by atoms with Crippen LogP contribution >= 0.6 is 0 Å². The lowest BCUT2D eigenvalue weighted by atomic mass is 9.95. The summed E-state index contributed by atoms with van der Waals surface area (Å²) in [6.45, 7) is 5.47. The van der Waals surface area contributed by atoms with Crippen molar-refractivity contribution in [1.82, 2.24) is 9.97 Å². The molecule has 210 valence electrons. The quantitative estimate of drug-likeness (QED) is 0.401. The molecule has 1 unspecified atom stereocenters. The predicted octanol–water partition coefficient (Wildman–Crippen LogP) is 4.48. The lowest BCUT2D eigenvalue weighted by molar-refractivity contribution is -0.120. The van der Waals surface area contributed by atoms with E-state index in [1.807, 2.05) is 43.3 Å². The minimum atomic E-state index is -0.939. The Kier molecular flexibility index (Phi) is 8.63. The van der Waals surface area contributed by atoms with Crippen molar-refractivity contribution in [1.29, 1.82) is 0 Å². The number of anilines is 3. The van der Waals surface area contributed by atoms with Gasteiger partial charge in [-0.25, -0.2) is 9.78 Å². The first-order chi connectivity index (χ1) is 19.5. The highest BCUT2D eigenvalue weighted by Crippen LogP contribution is 2.30. The highest BCUT2D eigenvalue weighted by Gasteiger charge is 2.27. The van der Waals surface area contributed by atoms with Gasteiger partial charge in [-0.05, 0) is 69.0 Å². The molecule has 0 aliphatic carbocycles. The number of nitrogens with zero attached hydrogens (tertiary/aromatic N) is 4. The lowest BCUT2D eigenvalue weighted by Crippen LogP contribution is -2.41. The normalized spacial score (nSPS) is 17.8. The summed E-state index contributed by atoms with van der Waals surface area (Å²) in [5.74, 6) is 1.52. The van der Waals surface area contributed by atoms with Crippen LogP contribution in [0.1, 0.15) is 43.0 Å². The van der Waals surface area contributed by atoms with Gasteiger partial charge in [0.25, 0.3) is 0 Å². The summed E-state index contributed by atoms with van der Waals surface area (Å²) in [7, 11) is 0. The summed E-state index contributed by atoms with van der Waals surface area (Å²) in [5.41, 5.74) is 1.23. The van der Waals surface area contributed by atoms with E-state index in [0.717, 1.165) is 49.7 Å². The number of nitrogens with one attached hydrogen (secondary N) is 1. The topological polar surface area (TPSA) is 117 Å². The van der Waals surface area contributed by atoms with Crippen molar-refractivity contribution >= 4 is 29.2 Å². The molecule has 40 heavy (non-hydrogen) atoms. The molecule has 2 aliphatic heterocycles. The zero-order valence-electron chi connectivity index (χ0n) is 22.7. The fourth-order valence-electron chi connectivity index (χ4n) is 5.26. The average Bonchev–Trinajstić information content (AvgIpc) is 2.99. The van der Waals surface area contributed by atoms with Gasteiger partial charge in [-0.3, -0.25) is 9.78 Å².